The molecule has 0 aromatic rings. The van der Waals surface area contributed by atoms with Crippen molar-refractivity contribution in [3.8, 4) is 0 Å². The number of carbonyl (C=O) groups is 3. The fraction of sp³-hybridized carbons (Fsp3) is 0.586. The Balaban J connectivity index is 4.21. The van der Waals surface area contributed by atoms with E-state index in [0.717, 1.165) is 141 Å². The van der Waals surface area contributed by atoms with E-state index in [1.807, 2.05) is 21.1 Å². The standard InChI is InChI=1S/C70H111NO8/c1-6-8-10-12-14-16-18-20-22-23-24-25-26-27-28-29-30-31-32-33-34-35-36-37-38-39-40-41-42-43-44-45-47-49-51-53-55-57-59-61-68(73)79-66(65-78-70(69(74)75)76-63-62-71(3,4)5)64-77-67(72)60-58-56-54-52-50-48-46-21-19-17-15-13-11-9-7-2/h8-11,14-17,20-22,24-25,27-28,30-31,33-34,36-37,39-40,42-43,46,66,70H,6-7,12-13,18-19,23,26,29,32,35,38,41,44-45,47-65H2,1-5H3/b10-8-,11-9-,16-14-,17-15-,22-20-,25-24-,28-27-,31-30-,34-33-,37-36-,40-39-,43-42-,46-21-. The lowest BCUT2D eigenvalue weighted by atomic mass is 10.1. The van der Waals surface area contributed by atoms with Crippen molar-refractivity contribution < 1.29 is 42.9 Å². The van der Waals surface area contributed by atoms with Crippen LogP contribution in [0.25, 0.3) is 0 Å². The Bertz CT molecular complexity index is 1850. The molecule has 9 heteroatoms. The maximum atomic E-state index is 12.9. The molecule has 0 aliphatic rings. The van der Waals surface area contributed by atoms with Crippen LogP contribution in [0.3, 0.4) is 0 Å². The number of nitrogens with zero attached hydrogens (tertiary/aromatic N) is 1. The fourth-order valence-corrected chi connectivity index (χ4v) is 7.64. The first kappa shape index (κ1) is 73.9. The number of esters is 2. The lowest BCUT2D eigenvalue weighted by Crippen LogP contribution is -2.44. The van der Waals surface area contributed by atoms with Gasteiger partial charge in [0.25, 0.3) is 0 Å². The molecule has 79 heavy (non-hydrogen) atoms. The van der Waals surface area contributed by atoms with Crippen LogP contribution in [0.15, 0.2) is 158 Å². The van der Waals surface area contributed by atoms with Gasteiger partial charge in [0.05, 0.1) is 40.3 Å². The number of carboxylic acid groups (broad SMARTS) is 1. The van der Waals surface area contributed by atoms with E-state index in [0.29, 0.717) is 23.9 Å². The maximum Gasteiger partial charge on any atom is 0.306 e. The number of rotatable bonds is 54. The van der Waals surface area contributed by atoms with Gasteiger partial charge in [0, 0.05) is 12.8 Å². The average molecular weight is 1090 g/mol. The van der Waals surface area contributed by atoms with E-state index in [2.05, 4.69) is 172 Å². The zero-order valence-electron chi connectivity index (χ0n) is 50.4. The van der Waals surface area contributed by atoms with Crippen molar-refractivity contribution in [2.75, 3.05) is 47.5 Å². The minimum Gasteiger partial charge on any atom is -0.545 e. The van der Waals surface area contributed by atoms with Crippen molar-refractivity contribution in [1.29, 1.82) is 0 Å². The number of likely N-dealkylation sites (N-methyl/N-ethyl adjacent to an activating group) is 1. The minimum absolute atomic E-state index is 0.134. The molecular formula is C70H111NO8. The normalized spacial score (nSPS) is 13.9. The van der Waals surface area contributed by atoms with Gasteiger partial charge in [-0.15, -0.1) is 0 Å². The number of carbonyl (C=O) groups excluding carboxylic acids is 3. The van der Waals surface area contributed by atoms with Gasteiger partial charge >= 0.3 is 11.9 Å². The zero-order chi connectivity index (χ0) is 57.6. The molecule has 0 aliphatic heterocycles. The predicted octanol–water partition coefficient (Wildman–Crippen LogP) is 17.2. The molecular weight excluding hydrogens is 983 g/mol. The first-order valence-electron chi connectivity index (χ1n) is 30.6. The Labute approximate surface area is 483 Å². The predicted molar refractivity (Wildman–Crippen MR) is 333 cm³/mol. The molecule has 0 radical (unpaired) electrons. The van der Waals surface area contributed by atoms with E-state index in [-0.39, 0.29) is 38.6 Å². The number of carboxylic acids is 1. The van der Waals surface area contributed by atoms with Crippen LogP contribution >= 0.6 is 0 Å². The molecule has 0 bridgehead atoms. The summed E-state index contributed by atoms with van der Waals surface area (Å²) in [6.45, 7) is 4.46. The molecule has 2 atom stereocenters. The highest BCUT2D eigenvalue weighted by Crippen LogP contribution is 2.14. The van der Waals surface area contributed by atoms with E-state index < -0.39 is 24.3 Å². The Morgan fingerprint density at radius 3 is 1.01 bits per heavy atom. The summed E-state index contributed by atoms with van der Waals surface area (Å²) in [5, 5.41) is 11.8. The molecule has 0 saturated carbocycles. The van der Waals surface area contributed by atoms with Crippen LogP contribution in [0, 0.1) is 0 Å². The van der Waals surface area contributed by atoms with Crippen LogP contribution in [-0.2, 0) is 33.3 Å². The number of hydrogen-bond acceptors (Lipinski definition) is 8. The Kier molecular flexibility index (Phi) is 55.2. The summed E-state index contributed by atoms with van der Waals surface area (Å²) < 4.78 is 22.6. The summed E-state index contributed by atoms with van der Waals surface area (Å²) in [6.07, 6.45) is 84.5. The molecule has 0 fully saturated rings. The van der Waals surface area contributed by atoms with Gasteiger partial charge in [-0.1, -0.05) is 230 Å². The third-order valence-corrected chi connectivity index (χ3v) is 12.3. The van der Waals surface area contributed by atoms with Crippen LogP contribution in [0.5, 0.6) is 0 Å². The molecule has 0 spiro atoms. The molecule has 0 aromatic carbocycles. The molecule has 0 N–H and O–H groups in total. The van der Waals surface area contributed by atoms with Gasteiger partial charge in [-0.2, -0.15) is 0 Å². The fourth-order valence-electron chi connectivity index (χ4n) is 7.64. The summed E-state index contributed by atoms with van der Waals surface area (Å²) in [6, 6.07) is 0. The van der Waals surface area contributed by atoms with E-state index >= 15 is 0 Å². The van der Waals surface area contributed by atoms with Crippen LogP contribution in [0.1, 0.15) is 206 Å². The Morgan fingerprint density at radius 2 is 0.684 bits per heavy atom. The third-order valence-electron chi connectivity index (χ3n) is 12.3. The van der Waals surface area contributed by atoms with Gasteiger partial charge in [0.2, 0.25) is 0 Å². The first-order valence-corrected chi connectivity index (χ1v) is 30.6. The second kappa shape index (κ2) is 59.0. The zero-order valence-corrected chi connectivity index (χ0v) is 50.4. The van der Waals surface area contributed by atoms with Gasteiger partial charge in [-0.3, -0.25) is 9.59 Å². The van der Waals surface area contributed by atoms with E-state index in [9.17, 15) is 19.5 Å². The SMILES string of the molecule is CC/C=C\C/C=C\C/C=C\C/C=C\C/C=C\C/C=C\C/C=C\C/C=C\C/C=C\C/C=C\CCCCCCCCCCC(=O)OC(COC(=O)CCCCCCC/C=C\C/C=C\C/C=C\CC)COC(OCC[N+](C)(C)C)C(=O)[O-]. The molecule has 0 aliphatic carbocycles. The highest BCUT2D eigenvalue weighted by atomic mass is 16.7. The molecule has 9 nitrogen and oxygen atoms in total. The topological polar surface area (TPSA) is 111 Å². The van der Waals surface area contributed by atoms with Crippen molar-refractivity contribution in [3.05, 3.63) is 158 Å². The van der Waals surface area contributed by atoms with E-state index in [4.69, 9.17) is 18.9 Å². The van der Waals surface area contributed by atoms with Crippen LogP contribution in [-0.4, -0.2) is 82.3 Å². The summed E-state index contributed by atoms with van der Waals surface area (Å²) in [4.78, 5) is 37.3. The summed E-state index contributed by atoms with van der Waals surface area (Å²) in [7, 11) is 5.90. The number of unbranched alkanes of at least 4 members (excludes halogenated alkanes) is 13. The number of allylic oxidation sites excluding steroid dienone is 26. The molecule has 444 valence electrons. The molecule has 0 amide bonds. The monoisotopic (exact) mass is 1090 g/mol. The smallest absolute Gasteiger partial charge is 0.306 e. The van der Waals surface area contributed by atoms with Crippen LogP contribution < -0.4 is 5.11 Å². The van der Waals surface area contributed by atoms with Gasteiger partial charge in [0.1, 0.15) is 13.2 Å². The molecule has 0 saturated heterocycles. The van der Waals surface area contributed by atoms with Gasteiger partial charge in [-0.05, 0) is 122 Å². The third kappa shape index (κ3) is 60.4. The summed E-state index contributed by atoms with van der Waals surface area (Å²) >= 11 is 0. The lowest BCUT2D eigenvalue weighted by Gasteiger charge is -2.26. The van der Waals surface area contributed by atoms with Crippen LogP contribution in [0.4, 0.5) is 0 Å². The molecule has 2 unspecified atom stereocenters. The van der Waals surface area contributed by atoms with Crippen molar-refractivity contribution in [3.63, 3.8) is 0 Å². The van der Waals surface area contributed by atoms with Gasteiger partial charge < -0.3 is 33.3 Å². The minimum atomic E-state index is -1.64. The van der Waals surface area contributed by atoms with E-state index in [1.165, 1.54) is 25.7 Å². The average Bonchev–Trinajstić information content (AvgIpc) is 3.42. The maximum absolute atomic E-state index is 12.9. The van der Waals surface area contributed by atoms with Gasteiger partial charge in [0.15, 0.2) is 12.4 Å². The van der Waals surface area contributed by atoms with Gasteiger partial charge in [-0.25, -0.2) is 0 Å². The largest absolute Gasteiger partial charge is 0.545 e. The number of quaternary nitrogens is 1. The quantitative estimate of drug-likeness (QED) is 0.0195. The number of aliphatic carboxylic acids is 1. The lowest BCUT2D eigenvalue weighted by molar-refractivity contribution is -0.870. The summed E-state index contributed by atoms with van der Waals surface area (Å²) in [5.74, 6) is -2.34. The van der Waals surface area contributed by atoms with Crippen molar-refractivity contribution in [1.82, 2.24) is 0 Å². The second-order valence-electron chi connectivity index (χ2n) is 20.9. The molecule has 0 rings (SSSR count). The van der Waals surface area contributed by atoms with Crippen molar-refractivity contribution in [2.45, 2.75) is 219 Å². The highest BCUT2D eigenvalue weighted by molar-refractivity contribution is 5.70. The second-order valence-corrected chi connectivity index (χ2v) is 20.9. The Morgan fingerprint density at radius 1 is 0.380 bits per heavy atom. The number of ether oxygens (including phenoxy) is 4. The Hall–Kier alpha value is -5.09. The highest BCUT2D eigenvalue weighted by Gasteiger charge is 2.22. The number of hydrogen-bond donors (Lipinski definition) is 0. The molecule has 0 aromatic heterocycles. The molecule has 0 heterocycles. The van der Waals surface area contributed by atoms with Crippen LogP contribution in [0.2, 0.25) is 0 Å². The first-order chi connectivity index (χ1) is 38.6. The van der Waals surface area contributed by atoms with Crippen molar-refractivity contribution >= 4 is 17.9 Å². The summed E-state index contributed by atoms with van der Waals surface area (Å²) in [5.41, 5.74) is 0. The van der Waals surface area contributed by atoms with E-state index in [1.54, 1.807) is 0 Å². The van der Waals surface area contributed by atoms with Crippen molar-refractivity contribution in [2.24, 2.45) is 0 Å².